The van der Waals surface area contributed by atoms with E-state index in [0.29, 0.717) is 17.0 Å². The van der Waals surface area contributed by atoms with Crippen LogP contribution < -0.4 is 19.8 Å². The van der Waals surface area contributed by atoms with Gasteiger partial charge in [0.25, 0.3) is 26.0 Å². The number of nitrogens with one attached hydrogen (secondary N) is 1. The lowest BCUT2D eigenvalue weighted by Crippen LogP contribution is -2.47. The van der Waals surface area contributed by atoms with Gasteiger partial charge in [-0.2, -0.15) is 13.0 Å². The van der Waals surface area contributed by atoms with E-state index in [1.807, 2.05) is 36.6 Å². The molecule has 0 aliphatic heterocycles. The average Bonchev–Trinajstić information content (AvgIpc) is 3.29. The number of nitrogens with zero attached hydrogens (tertiary/aromatic N) is 4. The van der Waals surface area contributed by atoms with Crippen molar-refractivity contribution in [1.82, 2.24) is 9.78 Å². The first-order valence-corrected chi connectivity index (χ1v) is 16.1. The van der Waals surface area contributed by atoms with Gasteiger partial charge in [0, 0.05) is 37.7 Å². The topological polar surface area (TPSA) is 157 Å². The van der Waals surface area contributed by atoms with Crippen LogP contribution in [0.5, 0.6) is 0 Å². The van der Waals surface area contributed by atoms with Crippen molar-refractivity contribution >= 4 is 43.0 Å². The number of hydrogen-bond acceptors (Lipinski definition) is 7. The number of aryl methyl sites for hydroxylation is 3. The zero-order chi connectivity index (χ0) is 29.1. The summed E-state index contributed by atoms with van der Waals surface area (Å²) < 4.78 is 54.8. The molecular formula is C26H29N6O5S3+. The fraction of sp³-hybridized carbons (Fsp3) is 0.231. The second kappa shape index (κ2) is 11.8. The molecule has 0 bridgehead atoms. The van der Waals surface area contributed by atoms with E-state index in [4.69, 9.17) is 5.14 Å². The number of rotatable bonds is 9. The number of benzene rings is 2. The van der Waals surface area contributed by atoms with Crippen molar-refractivity contribution in [2.75, 3.05) is 5.32 Å². The van der Waals surface area contributed by atoms with Crippen LogP contribution in [0.2, 0.25) is 0 Å². The summed E-state index contributed by atoms with van der Waals surface area (Å²) in [6.07, 6.45) is 1.49. The summed E-state index contributed by atoms with van der Waals surface area (Å²) in [6, 6.07) is 19.8. The van der Waals surface area contributed by atoms with Crippen LogP contribution in [0.1, 0.15) is 25.2 Å². The Morgan fingerprint density at radius 2 is 1.57 bits per heavy atom. The first-order chi connectivity index (χ1) is 18.9. The number of amides is 1. The molecule has 0 fully saturated rings. The molecule has 0 spiro atoms. The summed E-state index contributed by atoms with van der Waals surface area (Å²) in [5.74, 6) is -0.255. The molecule has 0 atom stereocenters. The van der Waals surface area contributed by atoms with E-state index in [-0.39, 0.29) is 22.1 Å². The zero-order valence-corrected chi connectivity index (χ0v) is 24.6. The first-order valence-electron chi connectivity index (χ1n) is 12.3. The van der Waals surface area contributed by atoms with Crippen LogP contribution in [0, 0.1) is 0 Å². The molecule has 40 heavy (non-hydrogen) atoms. The molecular weight excluding hydrogens is 573 g/mol. The van der Waals surface area contributed by atoms with Gasteiger partial charge >= 0.3 is 0 Å². The maximum absolute atomic E-state index is 13.0. The molecule has 0 radical (unpaired) electrons. The van der Waals surface area contributed by atoms with Crippen molar-refractivity contribution in [3.05, 3.63) is 82.9 Å². The summed E-state index contributed by atoms with van der Waals surface area (Å²) >= 11 is 0.540. The van der Waals surface area contributed by atoms with Crippen LogP contribution >= 0.6 is 11.3 Å². The number of nitrogens with two attached hydrogens (primary N) is 1. The molecule has 0 saturated carbocycles. The summed E-state index contributed by atoms with van der Waals surface area (Å²) in [6.45, 7) is 4.19. The molecule has 3 N–H and O–H groups in total. The van der Waals surface area contributed by atoms with Gasteiger partial charge in [-0.3, -0.25) is 4.79 Å². The molecule has 4 aromatic rings. The molecule has 14 heteroatoms. The van der Waals surface area contributed by atoms with Crippen LogP contribution in [0.25, 0.3) is 11.1 Å². The van der Waals surface area contributed by atoms with Gasteiger partial charge in [-0.1, -0.05) is 55.5 Å². The third kappa shape index (κ3) is 6.70. The number of hydrogen-bond donors (Lipinski definition) is 2. The van der Waals surface area contributed by atoms with Crippen LogP contribution in [0.4, 0.5) is 5.69 Å². The van der Waals surface area contributed by atoms with Crippen molar-refractivity contribution in [1.29, 1.82) is 0 Å². The maximum atomic E-state index is 13.0. The number of carbonyl (C=O) groups excluding carboxylic acids is 1. The number of pyridine rings is 1. The lowest BCUT2D eigenvalue weighted by atomic mass is 10.0. The smallest absolute Gasteiger partial charge is 0.290 e. The number of carbonyl (C=O) groups is 1. The Kier molecular flexibility index (Phi) is 8.63. The molecule has 0 saturated heterocycles. The third-order valence-electron chi connectivity index (χ3n) is 6.04. The molecule has 0 aliphatic rings. The molecule has 0 unspecified atom stereocenters. The van der Waals surface area contributed by atoms with Gasteiger partial charge in [0.05, 0.1) is 4.90 Å². The number of anilines is 1. The first kappa shape index (κ1) is 29.3. The minimum absolute atomic E-state index is 0.102. The highest BCUT2D eigenvalue weighted by Gasteiger charge is 2.22. The molecule has 1 amide bonds. The third-order valence-corrected chi connectivity index (χ3v) is 9.74. The zero-order valence-electron chi connectivity index (χ0n) is 22.1. The van der Waals surface area contributed by atoms with Gasteiger partial charge in [0.1, 0.15) is 0 Å². The summed E-state index contributed by atoms with van der Waals surface area (Å²) in [7, 11) is -6.92. The fourth-order valence-corrected chi connectivity index (χ4v) is 6.83. The van der Waals surface area contributed by atoms with Crippen LogP contribution in [0.15, 0.2) is 80.4 Å². The molecule has 2 heterocycles. The Hall–Kier alpha value is -3.72. The predicted molar refractivity (Wildman–Crippen MR) is 151 cm³/mol. The lowest BCUT2D eigenvalue weighted by molar-refractivity contribution is -0.698. The Bertz CT molecular complexity index is 1800. The quantitative estimate of drug-likeness (QED) is 0.280. The van der Waals surface area contributed by atoms with Gasteiger partial charge in [0.15, 0.2) is 11.4 Å². The largest absolute Gasteiger partial charge is 0.321 e. The molecule has 4 rings (SSSR count). The van der Waals surface area contributed by atoms with Crippen molar-refractivity contribution in [3.63, 3.8) is 0 Å². The van der Waals surface area contributed by atoms with Gasteiger partial charge in [-0.25, -0.2) is 18.2 Å². The van der Waals surface area contributed by atoms with Crippen LogP contribution in [-0.2, 0) is 51.3 Å². The number of primary sulfonamides is 1. The summed E-state index contributed by atoms with van der Waals surface area (Å²) in [4.78, 5) is 12.7. The standard InChI is InChI=1S/C26H28N6O5S3/c1-4-21-15-19(18-9-7-6-8-10-18)16-22(5-2)32(21)17-24(33)28-20-11-13-23(14-12-20)40(36,37)30-25-31(3)29-26(38-25)39(27,34)35/h6-16H,4-5,17H2,1-3H3,(H2-,27,28,33,34,35)/p+1. The number of aromatic nitrogens is 3. The Morgan fingerprint density at radius 3 is 2.10 bits per heavy atom. The van der Waals surface area contributed by atoms with Gasteiger partial charge in [0.2, 0.25) is 15.7 Å². The van der Waals surface area contributed by atoms with Crippen molar-refractivity contribution in [3.8, 4) is 11.1 Å². The Labute approximate surface area is 236 Å². The van der Waals surface area contributed by atoms with E-state index in [2.05, 4.69) is 39.1 Å². The molecule has 2 aromatic heterocycles. The fourth-order valence-electron chi connectivity index (χ4n) is 4.06. The molecule has 11 nitrogen and oxygen atoms in total. The normalized spacial score (nSPS) is 12.4. The SMILES string of the molecule is CCc1cc(-c2ccccc2)cc(CC)[n+]1CC(=O)Nc1ccc(S(=O)(=O)N=c2sc(S(N)(=O)=O)nn2C)cc1. The van der Waals surface area contributed by atoms with E-state index in [1.165, 1.54) is 31.3 Å². The van der Waals surface area contributed by atoms with E-state index in [1.54, 1.807) is 0 Å². The Morgan fingerprint density at radius 1 is 0.975 bits per heavy atom. The van der Waals surface area contributed by atoms with Crippen molar-refractivity contribution < 1.29 is 26.2 Å². The van der Waals surface area contributed by atoms with E-state index in [0.717, 1.165) is 40.0 Å². The van der Waals surface area contributed by atoms with E-state index >= 15 is 0 Å². The Balaban J connectivity index is 1.53. The monoisotopic (exact) mass is 601 g/mol. The predicted octanol–water partition coefficient (Wildman–Crippen LogP) is 2.14. The van der Waals surface area contributed by atoms with Crippen molar-refractivity contribution in [2.24, 2.45) is 16.6 Å². The highest BCUT2D eigenvalue weighted by atomic mass is 32.2. The number of sulfonamides is 2. The summed E-state index contributed by atoms with van der Waals surface area (Å²) in [5.41, 5.74) is 4.68. The highest BCUT2D eigenvalue weighted by molar-refractivity contribution is 7.91. The van der Waals surface area contributed by atoms with Crippen LogP contribution in [-0.4, -0.2) is 32.5 Å². The van der Waals surface area contributed by atoms with E-state index in [9.17, 15) is 21.6 Å². The van der Waals surface area contributed by atoms with E-state index < -0.39 is 24.4 Å². The second-order valence-corrected chi connectivity index (χ2v) is 13.1. The van der Waals surface area contributed by atoms with Gasteiger partial charge < -0.3 is 5.32 Å². The molecule has 2 aromatic carbocycles. The minimum Gasteiger partial charge on any atom is -0.321 e. The second-order valence-electron chi connectivity index (χ2n) is 8.84. The van der Waals surface area contributed by atoms with Gasteiger partial charge in [-0.05, 0) is 35.4 Å². The average molecular weight is 602 g/mol. The van der Waals surface area contributed by atoms with Gasteiger partial charge in [-0.15, -0.1) is 9.50 Å². The van der Waals surface area contributed by atoms with Crippen LogP contribution in [0.3, 0.4) is 0 Å². The van der Waals surface area contributed by atoms with Crippen molar-refractivity contribution in [2.45, 2.75) is 42.5 Å². The lowest BCUT2D eigenvalue weighted by Gasteiger charge is -2.11. The minimum atomic E-state index is -4.18. The molecule has 0 aliphatic carbocycles. The summed E-state index contributed by atoms with van der Waals surface area (Å²) in [5, 5.41) is 11.6. The maximum Gasteiger partial charge on any atom is 0.290 e. The highest BCUT2D eigenvalue weighted by Crippen LogP contribution is 2.21. The molecule has 210 valence electrons.